The average Bonchev–Trinajstić information content (AvgIpc) is 2.80. The van der Waals surface area contributed by atoms with Gasteiger partial charge in [0, 0.05) is 11.2 Å². The van der Waals surface area contributed by atoms with E-state index in [1.807, 2.05) is 44.2 Å². The van der Waals surface area contributed by atoms with Gasteiger partial charge in [-0.2, -0.15) is 0 Å². The molecular formula is C17H20N2O4S. The molecule has 128 valence electrons. The normalized spacial score (nSPS) is 27.3. The molecule has 1 aromatic rings. The fraction of sp³-hybridized carbons (Fsp3) is 0.471. The lowest BCUT2D eigenvalue weighted by molar-refractivity contribution is -0.161. The number of nitrogens with zero attached hydrogens (tertiary/aromatic N) is 1. The molecule has 0 spiro atoms. The van der Waals surface area contributed by atoms with Crippen LogP contribution in [0.4, 0.5) is 0 Å². The summed E-state index contributed by atoms with van der Waals surface area (Å²) in [6, 6.07) is 8.20. The number of β-lactam (4-membered cyclic amide) rings is 1. The summed E-state index contributed by atoms with van der Waals surface area (Å²) in [5, 5.41) is 11.8. The van der Waals surface area contributed by atoms with Crippen LogP contribution >= 0.6 is 11.8 Å². The number of hydrogen-bond donors (Lipinski definition) is 2. The molecule has 2 N–H and O–H groups in total. The predicted octanol–water partition coefficient (Wildman–Crippen LogP) is 1.25. The first-order valence-electron chi connectivity index (χ1n) is 7.87. The molecule has 3 unspecified atom stereocenters. The Bertz CT molecular complexity index is 676. The highest BCUT2D eigenvalue weighted by molar-refractivity contribution is 8.01. The lowest BCUT2D eigenvalue weighted by Crippen LogP contribution is -2.70. The van der Waals surface area contributed by atoms with Crippen molar-refractivity contribution in [3.8, 4) is 0 Å². The van der Waals surface area contributed by atoms with Crippen LogP contribution in [-0.4, -0.2) is 50.0 Å². The molecule has 2 aliphatic heterocycles. The van der Waals surface area contributed by atoms with Crippen LogP contribution in [0.3, 0.4) is 0 Å². The van der Waals surface area contributed by atoms with Crippen molar-refractivity contribution in [2.75, 3.05) is 0 Å². The first kappa shape index (κ1) is 16.8. The molecule has 2 saturated heterocycles. The number of aryl methyl sites for hydroxylation is 1. The quantitative estimate of drug-likeness (QED) is 0.782. The number of amides is 2. The van der Waals surface area contributed by atoms with Gasteiger partial charge < -0.3 is 15.3 Å². The van der Waals surface area contributed by atoms with Crippen LogP contribution < -0.4 is 5.32 Å². The maximum Gasteiger partial charge on any atom is 0.327 e. The Hall–Kier alpha value is -2.02. The average molecular weight is 348 g/mol. The molecule has 0 aromatic heterocycles. The largest absolute Gasteiger partial charge is 0.480 e. The number of carbonyl (C=O) groups excluding carboxylic acids is 2. The topological polar surface area (TPSA) is 86.7 Å². The van der Waals surface area contributed by atoms with Gasteiger partial charge in [0.15, 0.2) is 0 Å². The van der Waals surface area contributed by atoms with Gasteiger partial charge in [0.1, 0.15) is 17.5 Å². The highest BCUT2D eigenvalue weighted by Crippen LogP contribution is 2.50. The Morgan fingerprint density at radius 2 is 1.96 bits per heavy atom. The van der Waals surface area contributed by atoms with Crippen LogP contribution in [0.2, 0.25) is 0 Å². The Kier molecular flexibility index (Phi) is 4.29. The molecule has 2 amide bonds. The van der Waals surface area contributed by atoms with Gasteiger partial charge in [0.05, 0.1) is 0 Å². The number of carboxylic acids is 1. The molecular weight excluding hydrogens is 328 g/mol. The van der Waals surface area contributed by atoms with Crippen molar-refractivity contribution in [3.63, 3.8) is 0 Å². The second-order valence-electron chi connectivity index (χ2n) is 6.63. The highest BCUT2D eigenvalue weighted by atomic mass is 32.2. The van der Waals surface area contributed by atoms with Crippen molar-refractivity contribution in [1.82, 2.24) is 10.2 Å². The number of nitrogens with one attached hydrogen (secondary N) is 1. The van der Waals surface area contributed by atoms with Gasteiger partial charge in [-0.1, -0.05) is 30.3 Å². The van der Waals surface area contributed by atoms with Crippen LogP contribution in [0.5, 0.6) is 0 Å². The summed E-state index contributed by atoms with van der Waals surface area (Å²) in [4.78, 5) is 37.2. The van der Waals surface area contributed by atoms with E-state index in [-0.39, 0.29) is 17.2 Å². The van der Waals surface area contributed by atoms with Crippen LogP contribution in [0.15, 0.2) is 30.3 Å². The number of fused-ring (bicyclic) bond motifs is 1. The van der Waals surface area contributed by atoms with Crippen molar-refractivity contribution in [3.05, 3.63) is 35.9 Å². The zero-order valence-electron chi connectivity index (χ0n) is 13.6. The third-order valence-corrected chi connectivity index (χ3v) is 6.05. The summed E-state index contributed by atoms with van der Waals surface area (Å²) in [6.45, 7) is 3.63. The summed E-state index contributed by atoms with van der Waals surface area (Å²) >= 11 is 1.43. The molecule has 2 fully saturated rings. The molecule has 3 atom stereocenters. The molecule has 0 saturated carbocycles. The van der Waals surface area contributed by atoms with Crippen molar-refractivity contribution < 1.29 is 19.5 Å². The minimum absolute atomic E-state index is 0.186. The molecule has 2 heterocycles. The minimum atomic E-state index is -1.00. The SMILES string of the molecule is CC1(C)SC2C(NC(=O)CCc3ccccc3)C(=O)N2C1C(=O)O. The minimum Gasteiger partial charge on any atom is -0.480 e. The Labute approximate surface area is 144 Å². The monoisotopic (exact) mass is 348 g/mol. The molecule has 0 bridgehead atoms. The molecule has 0 aliphatic carbocycles. The fourth-order valence-electron chi connectivity index (χ4n) is 3.29. The smallest absolute Gasteiger partial charge is 0.327 e. The van der Waals surface area contributed by atoms with Gasteiger partial charge in [-0.15, -0.1) is 11.8 Å². The summed E-state index contributed by atoms with van der Waals surface area (Å²) in [7, 11) is 0. The van der Waals surface area contributed by atoms with Crippen LogP contribution in [-0.2, 0) is 20.8 Å². The Morgan fingerprint density at radius 3 is 2.58 bits per heavy atom. The van der Waals surface area contributed by atoms with E-state index in [0.29, 0.717) is 12.8 Å². The molecule has 7 heteroatoms. The standard InChI is InChI=1S/C17H20N2O4S/c1-17(2)13(16(22)23)19-14(21)12(15(19)24-17)18-11(20)9-8-10-6-4-3-5-7-10/h3-7,12-13,15H,8-9H2,1-2H3,(H,18,20)(H,22,23). The van der Waals surface area contributed by atoms with E-state index in [4.69, 9.17) is 0 Å². The number of carbonyl (C=O) groups is 3. The van der Waals surface area contributed by atoms with Gasteiger partial charge in [0.25, 0.3) is 0 Å². The van der Waals surface area contributed by atoms with Gasteiger partial charge in [-0.3, -0.25) is 9.59 Å². The maximum absolute atomic E-state index is 12.3. The maximum atomic E-state index is 12.3. The lowest BCUT2D eigenvalue weighted by Gasteiger charge is -2.43. The van der Waals surface area contributed by atoms with E-state index in [1.54, 1.807) is 0 Å². The van der Waals surface area contributed by atoms with E-state index in [9.17, 15) is 19.5 Å². The molecule has 1 aromatic carbocycles. The second kappa shape index (κ2) is 6.12. The number of hydrogen-bond acceptors (Lipinski definition) is 4. The molecule has 3 rings (SSSR count). The van der Waals surface area contributed by atoms with E-state index in [1.165, 1.54) is 16.7 Å². The first-order valence-corrected chi connectivity index (χ1v) is 8.75. The van der Waals surface area contributed by atoms with Crippen LogP contribution in [0.1, 0.15) is 25.8 Å². The fourth-order valence-corrected chi connectivity index (χ4v) is 4.92. The van der Waals surface area contributed by atoms with E-state index in [0.717, 1.165) is 5.56 Å². The molecule has 2 aliphatic rings. The zero-order chi connectivity index (χ0) is 17.5. The van der Waals surface area contributed by atoms with Crippen molar-refractivity contribution >= 4 is 29.5 Å². The lowest BCUT2D eigenvalue weighted by atomic mass is 9.96. The van der Waals surface area contributed by atoms with E-state index in [2.05, 4.69) is 5.32 Å². The van der Waals surface area contributed by atoms with Crippen molar-refractivity contribution in [2.24, 2.45) is 0 Å². The van der Waals surface area contributed by atoms with Gasteiger partial charge in [0.2, 0.25) is 11.8 Å². The number of carboxylic acid groups (broad SMARTS) is 1. The zero-order valence-corrected chi connectivity index (χ0v) is 14.4. The van der Waals surface area contributed by atoms with E-state index >= 15 is 0 Å². The molecule has 0 radical (unpaired) electrons. The second-order valence-corrected chi connectivity index (χ2v) is 8.40. The summed E-state index contributed by atoms with van der Waals surface area (Å²) < 4.78 is -0.574. The predicted molar refractivity (Wildman–Crippen MR) is 90.4 cm³/mol. The van der Waals surface area contributed by atoms with Crippen LogP contribution in [0, 0.1) is 0 Å². The summed E-state index contributed by atoms with van der Waals surface area (Å²) in [5.74, 6) is -1.50. The Balaban J connectivity index is 1.59. The number of benzene rings is 1. The highest BCUT2D eigenvalue weighted by Gasteiger charge is 2.64. The molecule has 6 nitrogen and oxygen atoms in total. The van der Waals surface area contributed by atoms with Crippen LogP contribution in [0.25, 0.3) is 0 Å². The van der Waals surface area contributed by atoms with Gasteiger partial charge in [-0.05, 0) is 25.8 Å². The third kappa shape index (κ3) is 2.88. The van der Waals surface area contributed by atoms with Gasteiger partial charge in [-0.25, -0.2) is 4.79 Å². The van der Waals surface area contributed by atoms with E-state index < -0.39 is 22.8 Å². The number of thioether (sulfide) groups is 1. The third-order valence-electron chi connectivity index (χ3n) is 4.47. The van der Waals surface area contributed by atoms with Crippen molar-refractivity contribution in [1.29, 1.82) is 0 Å². The van der Waals surface area contributed by atoms with Crippen molar-refractivity contribution in [2.45, 2.75) is 48.9 Å². The Morgan fingerprint density at radius 1 is 1.29 bits per heavy atom. The number of rotatable bonds is 5. The summed E-state index contributed by atoms with van der Waals surface area (Å²) in [6.07, 6.45) is 0.912. The first-order chi connectivity index (χ1) is 11.3. The molecule has 24 heavy (non-hydrogen) atoms. The van der Waals surface area contributed by atoms with Gasteiger partial charge >= 0.3 is 5.97 Å². The number of aliphatic carboxylic acids is 1. The summed E-state index contributed by atoms with van der Waals surface area (Å²) in [5.41, 5.74) is 1.07.